The maximum atomic E-state index is 12.1. The van der Waals surface area contributed by atoms with E-state index in [4.69, 9.17) is 32.7 Å². The zero-order chi connectivity index (χ0) is 17.8. The maximum Gasteiger partial charge on any atom is 0.363 e. The minimum atomic E-state index is -0.529. The lowest BCUT2D eigenvalue weighted by Gasteiger charge is -2.03. The van der Waals surface area contributed by atoms with Gasteiger partial charge in [0.25, 0.3) is 0 Å². The van der Waals surface area contributed by atoms with Gasteiger partial charge in [0.1, 0.15) is 12.4 Å². The van der Waals surface area contributed by atoms with Crippen LogP contribution in [-0.2, 0) is 9.53 Å². The first-order chi connectivity index (χ1) is 12.1. The van der Waals surface area contributed by atoms with E-state index in [0.29, 0.717) is 28.0 Å². The van der Waals surface area contributed by atoms with Crippen molar-refractivity contribution in [2.75, 3.05) is 6.61 Å². The number of ether oxygens (including phenoxy) is 2. The number of hydrogen-bond acceptors (Lipinski definition) is 4. The molecule has 4 nitrogen and oxygen atoms in total. The Labute approximate surface area is 155 Å². The summed E-state index contributed by atoms with van der Waals surface area (Å²) in [5, 5.41) is 0.782. The second-order valence-electron chi connectivity index (χ2n) is 5.14. The Hall–Kier alpha value is -2.56. The van der Waals surface area contributed by atoms with Crippen molar-refractivity contribution in [2.45, 2.75) is 0 Å². The molecular weight excluding hydrogens is 361 g/mol. The van der Waals surface area contributed by atoms with Gasteiger partial charge in [-0.1, -0.05) is 48.0 Å². The van der Waals surface area contributed by atoms with Crippen LogP contribution in [0.3, 0.4) is 0 Å². The van der Waals surface area contributed by atoms with E-state index in [2.05, 4.69) is 11.6 Å². The summed E-state index contributed by atoms with van der Waals surface area (Å²) < 4.78 is 10.7. The fraction of sp³-hybridized carbons (Fsp3) is 0.0526. The summed E-state index contributed by atoms with van der Waals surface area (Å²) in [6, 6.07) is 12.2. The van der Waals surface area contributed by atoms with Gasteiger partial charge < -0.3 is 9.47 Å². The SMILES string of the molecule is C=CCOc1cccc(/C=C2\N=C(c3ccc(Cl)c(Cl)c3)OC2=O)c1. The number of esters is 1. The van der Waals surface area contributed by atoms with Crippen molar-refractivity contribution < 1.29 is 14.3 Å². The number of aliphatic imine (C=N–C) groups is 1. The third kappa shape index (κ3) is 4.10. The Morgan fingerprint density at radius 3 is 2.76 bits per heavy atom. The van der Waals surface area contributed by atoms with Crippen LogP contribution >= 0.6 is 23.2 Å². The molecule has 0 saturated carbocycles. The zero-order valence-electron chi connectivity index (χ0n) is 13.0. The first kappa shape index (κ1) is 17.3. The highest BCUT2D eigenvalue weighted by molar-refractivity contribution is 6.42. The molecule has 0 aromatic heterocycles. The molecule has 126 valence electrons. The number of hydrogen-bond donors (Lipinski definition) is 0. The maximum absolute atomic E-state index is 12.1. The lowest BCUT2D eigenvalue weighted by atomic mass is 10.2. The van der Waals surface area contributed by atoms with Crippen molar-refractivity contribution in [3.05, 3.63) is 82.0 Å². The molecule has 0 aliphatic carbocycles. The molecule has 0 fully saturated rings. The summed E-state index contributed by atoms with van der Waals surface area (Å²) in [7, 11) is 0. The zero-order valence-corrected chi connectivity index (χ0v) is 14.6. The second kappa shape index (κ2) is 7.55. The van der Waals surface area contributed by atoms with E-state index in [0.717, 1.165) is 5.56 Å². The number of halogens is 2. The minimum Gasteiger partial charge on any atom is -0.490 e. The van der Waals surface area contributed by atoms with E-state index in [1.54, 1.807) is 36.4 Å². The summed E-state index contributed by atoms with van der Waals surface area (Å²) in [6.07, 6.45) is 3.29. The van der Waals surface area contributed by atoms with Crippen molar-refractivity contribution in [3.63, 3.8) is 0 Å². The summed E-state index contributed by atoms with van der Waals surface area (Å²) in [6.45, 7) is 4.01. The summed E-state index contributed by atoms with van der Waals surface area (Å²) in [4.78, 5) is 16.3. The van der Waals surface area contributed by atoms with E-state index in [9.17, 15) is 4.79 Å². The molecule has 2 aromatic carbocycles. The third-order valence-corrected chi connectivity index (χ3v) is 4.06. The van der Waals surface area contributed by atoms with Gasteiger partial charge in [-0.05, 0) is 42.0 Å². The van der Waals surface area contributed by atoms with Crippen molar-refractivity contribution in [2.24, 2.45) is 4.99 Å². The van der Waals surface area contributed by atoms with Gasteiger partial charge >= 0.3 is 5.97 Å². The summed E-state index contributed by atoms with van der Waals surface area (Å²) in [5.74, 6) is 0.335. The van der Waals surface area contributed by atoms with Crippen LogP contribution in [0, 0.1) is 0 Å². The van der Waals surface area contributed by atoms with E-state index >= 15 is 0 Å². The van der Waals surface area contributed by atoms with Crippen LogP contribution in [0.25, 0.3) is 6.08 Å². The van der Waals surface area contributed by atoms with Gasteiger partial charge in [0.15, 0.2) is 5.70 Å². The van der Waals surface area contributed by atoms with Crippen LogP contribution in [0.4, 0.5) is 0 Å². The van der Waals surface area contributed by atoms with Crippen LogP contribution in [0.15, 0.2) is 65.8 Å². The Kier molecular flexibility index (Phi) is 5.22. The number of nitrogens with zero attached hydrogens (tertiary/aromatic N) is 1. The van der Waals surface area contributed by atoms with Crippen LogP contribution in [-0.4, -0.2) is 18.5 Å². The Bertz CT molecular complexity index is 903. The lowest BCUT2D eigenvalue weighted by molar-refractivity contribution is -0.129. The van der Waals surface area contributed by atoms with Crippen LogP contribution in [0.1, 0.15) is 11.1 Å². The molecule has 0 spiro atoms. The van der Waals surface area contributed by atoms with Crippen LogP contribution < -0.4 is 4.74 Å². The molecule has 0 N–H and O–H groups in total. The first-order valence-electron chi connectivity index (χ1n) is 7.38. The molecule has 0 saturated heterocycles. The molecule has 0 radical (unpaired) electrons. The minimum absolute atomic E-state index is 0.189. The highest BCUT2D eigenvalue weighted by Gasteiger charge is 2.24. The quantitative estimate of drug-likeness (QED) is 0.425. The highest BCUT2D eigenvalue weighted by Crippen LogP contribution is 2.26. The predicted octanol–water partition coefficient (Wildman–Crippen LogP) is 4.90. The average molecular weight is 374 g/mol. The van der Waals surface area contributed by atoms with Crippen LogP contribution in [0.5, 0.6) is 5.75 Å². The fourth-order valence-corrected chi connectivity index (χ4v) is 2.47. The fourth-order valence-electron chi connectivity index (χ4n) is 2.17. The molecular formula is C19H13Cl2NO3. The van der Waals surface area contributed by atoms with Gasteiger partial charge in [-0.25, -0.2) is 9.79 Å². The molecule has 25 heavy (non-hydrogen) atoms. The molecule has 0 atom stereocenters. The molecule has 0 unspecified atom stereocenters. The molecule has 2 aromatic rings. The Morgan fingerprint density at radius 1 is 1.16 bits per heavy atom. The molecule has 0 amide bonds. The number of cyclic esters (lactones) is 1. The topological polar surface area (TPSA) is 47.9 Å². The second-order valence-corrected chi connectivity index (χ2v) is 5.95. The average Bonchev–Trinajstić information content (AvgIpc) is 2.96. The van der Waals surface area contributed by atoms with Gasteiger partial charge in [-0.3, -0.25) is 0 Å². The van der Waals surface area contributed by atoms with Crippen molar-refractivity contribution in [3.8, 4) is 5.75 Å². The highest BCUT2D eigenvalue weighted by atomic mass is 35.5. The number of benzene rings is 2. The Balaban J connectivity index is 1.88. The van der Waals surface area contributed by atoms with Gasteiger partial charge in [0.05, 0.1) is 10.0 Å². The van der Waals surface area contributed by atoms with Gasteiger partial charge in [-0.2, -0.15) is 0 Å². The largest absolute Gasteiger partial charge is 0.490 e. The number of rotatable bonds is 5. The van der Waals surface area contributed by atoms with Gasteiger partial charge in [0, 0.05) is 5.56 Å². The predicted molar refractivity (Wildman–Crippen MR) is 99.2 cm³/mol. The molecule has 6 heteroatoms. The normalized spacial score (nSPS) is 15.0. The molecule has 1 heterocycles. The molecule has 0 bridgehead atoms. The molecule has 1 aliphatic rings. The Morgan fingerprint density at radius 2 is 2.00 bits per heavy atom. The lowest BCUT2D eigenvalue weighted by Crippen LogP contribution is -2.05. The molecule has 3 rings (SSSR count). The van der Waals surface area contributed by atoms with Gasteiger partial charge in [0.2, 0.25) is 5.90 Å². The van der Waals surface area contributed by atoms with Crippen molar-refractivity contribution in [1.82, 2.24) is 0 Å². The van der Waals surface area contributed by atoms with E-state index in [-0.39, 0.29) is 11.6 Å². The summed E-state index contributed by atoms with van der Waals surface area (Å²) >= 11 is 11.9. The van der Waals surface area contributed by atoms with Crippen LogP contribution in [0.2, 0.25) is 10.0 Å². The van der Waals surface area contributed by atoms with Gasteiger partial charge in [-0.15, -0.1) is 0 Å². The third-order valence-electron chi connectivity index (χ3n) is 3.32. The van der Waals surface area contributed by atoms with E-state index < -0.39 is 5.97 Å². The number of carbonyl (C=O) groups is 1. The van der Waals surface area contributed by atoms with Crippen molar-refractivity contribution in [1.29, 1.82) is 0 Å². The first-order valence-corrected chi connectivity index (χ1v) is 8.14. The monoisotopic (exact) mass is 373 g/mol. The standard InChI is InChI=1S/C19H13Cl2NO3/c1-2-8-24-14-5-3-4-12(9-14)10-17-19(23)25-18(22-17)13-6-7-15(20)16(21)11-13/h2-7,9-11H,1,8H2/b17-10-. The van der Waals surface area contributed by atoms with Crippen molar-refractivity contribution >= 4 is 41.1 Å². The smallest absolute Gasteiger partial charge is 0.363 e. The van der Waals surface area contributed by atoms with E-state index in [1.807, 2.05) is 18.2 Å². The van der Waals surface area contributed by atoms with E-state index in [1.165, 1.54) is 0 Å². The molecule has 1 aliphatic heterocycles. The number of carbonyl (C=O) groups excluding carboxylic acids is 1. The summed E-state index contributed by atoms with van der Waals surface area (Å²) in [5.41, 5.74) is 1.55.